The lowest BCUT2D eigenvalue weighted by Gasteiger charge is -2.50. The Bertz CT molecular complexity index is 1010. The van der Waals surface area contributed by atoms with E-state index in [0.29, 0.717) is 5.92 Å². The first-order valence-corrected chi connectivity index (χ1v) is 12.0. The molecule has 1 aromatic carbocycles. The average Bonchev–Trinajstić information content (AvgIpc) is 3.26. The molecule has 176 valence electrons. The molecule has 3 aromatic rings. The lowest BCUT2D eigenvalue weighted by atomic mass is 9.66. The van der Waals surface area contributed by atoms with Gasteiger partial charge in [-0.25, -0.2) is 9.97 Å². The number of hydrogen-bond donors (Lipinski definition) is 0. The van der Waals surface area contributed by atoms with Crippen LogP contribution in [0.5, 0.6) is 0 Å². The Kier molecular flexibility index (Phi) is 9.15. The molecule has 5 nitrogen and oxygen atoms in total. The largest absolute Gasteiger partial charge is 0.315 e. The molecular weight excluding hydrogens is 406 g/mol. The van der Waals surface area contributed by atoms with E-state index in [4.69, 9.17) is 0 Å². The van der Waals surface area contributed by atoms with Gasteiger partial charge in [-0.3, -0.25) is 4.98 Å². The van der Waals surface area contributed by atoms with Crippen LogP contribution in [0.15, 0.2) is 74.5 Å². The maximum absolute atomic E-state index is 4.68. The molecular formula is C28H39N5. The number of nitrogens with zero attached hydrogens (tertiary/aromatic N) is 5. The van der Waals surface area contributed by atoms with E-state index in [-0.39, 0.29) is 11.6 Å². The van der Waals surface area contributed by atoms with Gasteiger partial charge in [0, 0.05) is 35.1 Å². The Balaban J connectivity index is 0.000000597. The van der Waals surface area contributed by atoms with Gasteiger partial charge in [-0.05, 0) is 30.2 Å². The SMILES string of the molecule is C=C.CC.CC.CCC1(C)c2ccccc2N2c3ncncc3N(c3ccncc3)C2C1C. The van der Waals surface area contributed by atoms with Gasteiger partial charge in [0.25, 0.3) is 0 Å². The van der Waals surface area contributed by atoms with Gasteiger partial charge >= 0.3 is 0 Å². The summed E-state index contributed by atoms with van der Waals surface area (Å²) in [7, 11) is 0. The summed E-state index contributed by atoms with van der Waals surface area (Å²) in [6.45, 7) is 21.1. The Morgan fingerprint density at radius 2 is 1.55 bits per heavy atom. The van der Waals surface area contributed by atoms with Crippen molar-refractivity contribution in [2.75, 3.05) is 9.80 Å². The van der Waals surface area contributed by atoms with Gasteiger partial charge < -0.3 is 9.80 Å². The van der Waals surface area contributed by atoms with Gasteiger partial charge in [0.15, 0.2) is 5.82 Å². The minimum atomic E-state index is 0.0819. The Hall–Kier alpha value is -3.21. The molecule has 0 saturated carbocycles. The zero-order valence-electron chi connectivity index (χ0n) is 21.3. The van der Waals surface area contributed by atoms with Gasteiger partial charge in [-0.2, -0.15) is 0 Å². The van der Waals surface area contributed by atoms with Crippen LogP contribution in [0.4, 0.5) is 22.9 Å². The van der Waals surface area contributed by atoms with E-state index in [0.717, 1.165) is 23.6 Å². The van der Waals surface area contributed by atoms with Crippen LogP contribution in [0.25, 0.3) is 0 Å². The number of fused-ring (bicyclic) bond motifs is 5. The summed E-state index contributed by atoms with van der Waals surface area (Å²) in [5.41, 5.74) is 4.91. The van der Waals surface area contributed by atoms with E-state index in [2.05, 4.69) is 95.1 Å². The maximum atomic E-state index is 4.68. The molecule has 0 spiro atoms. The Morgan fingerprint density at radius 1 is 0.909 bits per heavy atom. The van der Waals surface area contributed by atoms with Crippen molar-refractivity contribution in [3.05, 3.63) is 80.0 Å². The molecule has 3 unspecified atom stereocenters. The standard InChI is InChI=1S/C22H23N5.2C2H6.C2H4/c1-4-22(3)15(2)21-26(16-9-11-23-12-10-16)19-13-24-14-25-20(19)27(21)18-8-6-5-7-17(18)22;3*1-2/h5-15,21H,4H2,1-3H3;2*1-2H3;1-2H2. The predicted molar refractivity (Wildman–Crippen MR) is 142 cm³/mol. The summed E-state index contributed by atoms with van der Waals surface area (Å²) in [5.74, 6) is 1.36. The Morgan fingerprint density at radius 3 is 2.18 bits per heavy atom. The molecule has 0 amide bonds. The summed E-state index contributed by atoms with van der Waals surface area (Å²) in [4.78, 5) is 18.0. The van der Waals surface area contributed by atoms with Crippen LogP contribution in [-0.2, 0) is 5.41 Å². The molecule has 0 radical (unpaired) electrons. The minimum Gasteiger partial charge on any atom is -0.315 e. The first kappa shape index (κ1) is 26.0. The van der Waals surface area contributed by atoms with Crippen molar-refractivity contribution in [1.82, 2.24) is 15.0 Å². The van der Waals surface area contributed by atoms with E-state index >= 15 is 0 Å². The number of anilines is 4. The number of rotatable bonds is 2. The van der Waals surface area contributed by atoms with Gasteiger partial charge in [-0.15, -0.1) is 13.2 Å². The van der Waals surface area contributed by atoms with Crippen LogP contribution < -0.4 is 9.80 Å². The number of para-hydroxylation sites is 1. The van der Waals surface area contributed by atoms with Crippen molar-refractivity contribution in [2.45, 2.75) is 66.5 Å². The predicted octanol–water partition coefficient (Wildman–Crippen LogP) is 7.66. The fourth-order valence-electron chi connectivity index (χ4n) is 4.81. The second-order valence-corrected chi connectivity index (χ2v) is 7.67. The van der Waals surface area contributed by atoms with Crippen LogP contribution in [0.2, 0.25) is 0 Å². The van der Waals surface area contributed by atoms with Crippen LogP contribution in [0, 0.1) is 5.92 Å². The molecule has 0 bridgehead atoms. The second kappa shape index (κ2) is 11.6. The van der Waals surface area contributed by atoms with Crippen molar-refractivity contribution < 1.29 is 0 Å². The lowest BCUT2D eigenvalue weighted by molar-refractivity contribution is 0.249. The highest BCUT2D eigenvalue weighted by molar-refractivity contribution is 5.87. The van der Waals surface area contributed by atoms with E-state index in [1.165, 1.54) is 11.3 Å². The van der Waals surface area contributed by atoms with Crippen molar-refractivity contribution in [3.63, 3.8) is 0 Å². The summed E-state index contributed by atoms with van der Waals surface area (Å²) >= 11 is 0. The Labute approximate surface area is 200 Å². The fourth-order valence-corrected chi connectivity index (χ4v) is 4.81. The molecule has 0 N–H and O–H groups in total. The van der Waals surface area contributed by atoms with Crippen LogP contribution >= 0.6 is 0 Å². The first-order valence-electron chi connectivity index (χ1n) is 12.0. The van der Waals surface area contributed by atoms with Crippen molar-refractivity contribution in [1.29, 1.82) is 0 Å². The van der Waals surface area contributed by atoms with Crippen LogP contribution in [0.3, 0.4) is 0 Å². The highest BCUT2D eigenvalue weighted by atomic mass is 15.5. The van der Waals surface area contributed by atoms with E-state index < -0.39 is 0 Å². The molecule has 0 aliphatic carbocycles. The normalized spacial score (nSPS) is 21.5. The van der Waals surface area contributed by atoms with Crippen molar-refractivity contribution in [3.8, 4) is 0 Å². The smallest absolute Gasteiger partial charge is 0.162 e. The number of benzene rings is 1. The monoisotopic (exact) mass is 445 g/mol. The molecule has 2 aliphatic heterocycles. The summed E-state index contributed by atoms with van der Waals surface area (Å²) < 4.78 is 0. The molecule has 3 atom stereocenters. The summed E-state index contributed by atoms with van der Waals surface area (Å²) in [6.07, 6.45) is 8.51. The van der Waals surface area contributed by atoms with Gasteiger partial charge in [0.2, 0.25) is 0 Å². The number of pyridine rings is 1. The van der Waals surface area contributed by atoms with Crippen LogP contribution in [-0.4, -0.2) is 21.1 Å². The summed E-state index contributed by atoms with van der Waals surface area (Å²) in [5, 5.41) is 0. The van der Waals surface area contributed by atoms with Gasteiger partial charge in [-0.1, -0.05) is 66.7 Å². The minimum absolute atomic E-state index is 0.0819. The highest BCUT2D eigenvalue weighted by Gasteiger charge is 2.52. The maximum Gasteiger partial charge on any atom is 0.162 e. The van der Waals surface area contributed by atoms with E-state index in [1.807, 2.05) is 46.3 Å². The van der Waals surface area contributed by atoms with Crippen LogP contribution in [0.1, 0.15) is 60.5 Å². The second-order valence-electron chi connectivity index (χ2n) is 7.67. The lowest BCUT2D eigenvalue weighted by Crippen LogP contribution is -2.54. The molecule has 2 aromatic heterocycles. The zero-order chi connectivity index (χ0) is 24.6. The first-order chi connectivity index (χ1) is 16.2. The summed E-state index contributed by atoms with van der Waals surface area (Å²) in [6, 6.07) is 12.9. The zero-order valence-corrected chi connectivity index (χ0v) is 21.3. The van der Waals surface area contributed by atoms with Gasteiger partial charge in [0.05, 0.1) is 6.20 Å². The molecule has 0 fully saturated rings. The number of aromatic nitrogens is 3. The molecule has 2 aliphatic rings. The quantitative estimate of drug-likeness (QED) is 0.379. The van der Waals surface area contributed by atoms with Crippen molar-refractivity contribution in [2.24, 2.45) is 5.92 Å². The third-order valence-corrected chi connectivity index (χ3v) is 6.60. The van der Waals surface area contributed by atoms with E-state index in [9.17, 15) is 0 Å². The topological polar surface area (TPSA) is 45.2 Å². The molecule has 4 heterocycles. The average molecular weight is 446 g/mol. The third-order valence-electron chi connectivity index (χ3n) is 6.60. The highest BCUT2D eigenvalue weighted by Crippen LogP contribution is 2.57. The van der Waals surface area contributed by atoms with Crippen molar-refractivity contribution >= 4 is 22.9 Å². The molecule has 5 heteroatoms. The van der Waals surface area contributed by atoms with Gasteiger partial charge in [0.1, 0.15) is 18.2 Å². The molecule has 33 heavy (non-hydrogen) atoms. The van der Waals surface area contributed by atoms with E-state index in [1.54, 1.807) is 6.33 Å². The fraction of sp³-hybridized carbons (Fsp3) is 0.393. The molecule has 0 saturated heterocycles. The number of hydrogen-bond acceptors (Lipinski definition) is 5. The molecule has 5 rings (SSSR count). The third kappa shape index (κ3) is 4.24.